The van der Waals surface area contributed by atoms with Gasteiger partial charge in [0.25, 0.3) is 0 Å². The van der Waals surface area contributed by atoms with Gasteiger partial charge in [0.1, 0.15) is 12.5 Å². The molecule has 1 aromatic heterocycles. The van der Waals surface area contributed by atoms with Crippen molar-refractivity contribution >= 4 is 62.3 Å². The Morgan fingerprint density at radius 3 is 2.57 bits per heavy atom. The average molecular weight is 405 g/mol. The average Bonchev–Trinajstić information content (AvgIpc) is 3.21. The normalized spacial score (nSPS) is 13.3. The van der Waals surface area contributed by atoms with Crippen molar-refractivity contribution in [1.82, 2.24) is 0 Å². The van der Waals surface area contributed by atoms with Crippen LogP contribution in [0.25, 0.3) is 10.8 Å². The molecule has 2 heterocycles. The monoisotopic (exact) mass is 404 g/mol. The van der Waals surface area contributed by atoms with Gasteiger partial charge >= 0.3 is 0 Å². The zero-order chi connectivity index (χ0) is 19.1. The van der Waals surface area contributed by atoms with E-state index in [0.717, 1.165) is 43.4 Å². The van der Waals surface area contributed by atoms with Crippen molar-refractivity contribution in [1.29, 1.82) is 0 Å². The minimum absolute atomic E-state index is 0.517. The number of aliphatic imine (C=N–C) groups is 1. The van der Waals surface area contributed by atoms with Gasteiger partial charge in [-0.2, -0.15) is 0 Å². The molecule has 1 aliphatic rings. The molecule has 4 aromatic rings. The van der Waals surface area contributed by atoms with Crippen LogP contribution in [0.2, 0.25) is 5.02 Å². The van der Waals surface area contributed by atoms with E-state index in [2.05, 4.69) is 63.1 Å². The molecule has 0 unspecified atom stereocenters. The first-order valence-electron chi connectivity index (χ1n) is 8.90. The third-order valence-electron chi connectivity index (χ3n) is 4.86. The summed E-state index contributed by atoms with van der Waals surface area (Å²) >= 11 is 7.63. The maximum absolute atomic E-state index is 6.08. The lowest BCUT2D eigenvalue weighted by atomic mass is 10.1. The lowest BCUT2D eigenvalue weighted by Crippen LogP contribution is -2.28. The van der Waals surface area contributed by atoms with Crippen LogP contribution >= 0.6 is 22.9 Å². The molecule has 6 heteroatoms. The molecule has 3 aromatic carbocycles. The summed E-state index contributed by atoms with van der Waals surface area (Å²) in [6.07, 6.45) is 0. The fourth-order valence-corrected chi connectivity index (χ4v) is 4.48. The largest absolute Gasteiger partial charge is 0.383 e. The van der Waals surface area contributed by atoms with E-state index in [-0.39, 0.29) is 0 Å². The van der Waals surface area contributed by atoms with E-state index >= 15 is 0 Å². The maximum Gasteiger partial charge on any atom is 0.139 e. The van der Waals surface area contributed by atoms with E-state index in [4.69, 9.17) is 17.3 Å². The van der Waals surface area contributed by atoms with Crippen molar-refractivity contribution in [3.8, 4) is 0 Å². The Balaban J connectivity index is 1.60. The van der Waals surface area contributed by atoms with Gasteiger partial charge in [0.05, 0.1) is 16.3 Å². The molecule has 0 radical (unpaired) electrons. The number of rotatable bonds is 3. The van der Waals surface area contributed by atoms with Gasteiger partial charge in [-0.05, 0) is 47.8 Å². The number of nitrogens with one attached hydrogen (secondary N) is 1. The molecule has 0 amide bonds. The number of benzene rings is 3. The molecule has 0 bridgehead atoms. The molecule has 0 aliphatic carbocycles. The highest BCUT2D eigenvalue weighted by atomic mass is 35.5. The van der Waals surface area contributed by atoms with Gasteiger partial charge in [-0.25, -0.2) is 4.99 Å². The number of hydrogen-bond donors (Lipinski definition) is 2. The Bertz CT molecular complexity index is 1200. The number of thiophene rings is 1. The predicted molar refractivity (Wildman–Crippen MR) is 121 cm³/mol. The summed E-state index contributed by atoms with van der Waals surface area (Å²) < 4.78 is 0. The zero-order valence-electron chi connectivity index (χ0n) is 14.9. The summed E-state index contributed by atoms with van der Waals surface area (Å²) in [6, 6.07) is 22.5. The van der Waals surface area contributed by atoms with E-state index < -0.39 is 0 Å². The molecule has 138 valence electrons. The summed E-state index contributed by atoms with van der Waals surface area (Å²) in [7, 11) is 0. The number of hydrogen-bond acceptors (Lipinski definition) is 5. The Labute approximate surface area is 171 Å². The van der Waals surface area contributed by atoms with Gasteiger partial charge in [0.15, 0.2) is 0 Å². The smallest absolute Gasteiger partial charge is 0.139 e. The molecule has 0 saturated heterocycles. The SMILES string of the molecule is NC1=NCN(c2cccc3c(Nc4ccc(Cl)cc4)cccc23)c2ccsc21. The van der Waals surface area contributed by atoms with Crippen LogP contribution in [0.15, 0.2) is 77.1 Å². The Hall–Kier alpha value is -3.02. The third-order valence-corrected chi connectivity index (χ3v) is 6.04. The number of nitrogens with zero attached hydrogens (tertiary/aromatic N) is 2. The van der Waals surface area contributed by atoms with Crippen molar-refractivity contribution in [2.45, 2.75) is 0 Å². The van der Waals surface area contributed by atoms with E-state index in [0.29, 0.717) is 12.5 Å². The number of amidine groups is 1. The first-order chi connectivity index (χ1) is 13.7. The quantitative estimate of drug-likeness (QED) is 0.433. The van der Waals surface area contributed by atoms with Crippen LogP contribution < -0.4 is 16.0 Å². The Morgan fingerprint density at radius 2 is 1.71 bits per heavy atom. The zero-order valence-corrected chi connectivity index (χ0v) is 16.5. The van der Waals surface area contributed by atoms with Gasteiger partial charge in [0.2, 0.25) is 0 Å². The summed E-state index contributed by atoms with van der Waals surface area (Å²) in [5.41, 5.74) is 10.4. The van der Waals surface area contributed by atoms with Crippen molar-refractivity contribution < 1.29 is 0 Å². The molecule has 0 atom stereocenters. The highest BCUT2D eigenvalue weighted by Crippen LogP contribution is 2.39. The highest BCUT2D eigenvalue weighted by molar-refractivity contribution is 7.12. The summed E-state index contributed by atoms with van der Waals surface area (Å²) in [6.45, 7) is 0.517. The van der Waals surface area contributed by atoms with E-state index in [1.807, 2.05) is 24.3 Å². The van der Waals surface area contributed by atoms with Crippen LogP contribution in [0.1, 0.15) is 4.88 Å². The van der Waals surface area contributed by atoms with Crippen LogP contribution in [0, 0.1) is 0 Å². The highest BCUT2D eigenvalue weighted by Gasteiger charge is 2.22. The predicted octanol–water partition coefficient (Wildman–Crippen LogP) is 6.11. The van der Waals surface area contributed by atoms with E-state index in [9.17, 15) is 0 Å². The lowest BCUT2D eigenvalue weighted by molar-refractivity contribution is 0.970. The van der Waals surface area contributed by atoms with E-state index in [1.54, 1.807) is 11.3 Å². The fourth-order valence-electron chi connectivity index (χ4n) is 3.53. The van der Waals surface area contributed by atoms with Crippen LogP contribution in [0.5, 0.6) is 0 Å². The van der Waals surface area contributed by atoms with Gasteiger partial charge in [-0.15, -0.1) is 11.3 Å². The second-order valence-electron chi connectivity index (χ2n) is 6.56. The van der Waals surface area contributed by atoms with Crippen LogP contribution in [-0.4, -0.2) is 12.5 Å². The Morgan fingerprint density at radius 1 is 0.929 bits per heavy atom. The lowest BCUT2D eigenvalue weighted by Gasteiger charge is -2.28. The number of nitrogens with two attached hydrogens (primary N) is 1. The molecular weight excluding hydrogens is 388 g/mol. The molecule has 28 heavy (non-hydrogen) atoms. The molecule has 4 nitrogen and oxygen atoms in total. The van der Waals surface area contributed by atoms with Crippen molar-refractivity contribution in [2.24, 2.45) is 10.7 Å². The maximum atomic E-state index is 6.08. The van der Waals surface area contributed by atoms with E-state index in [1.165, 1.54) is 0 Å². The van der Waals surface area contributed by atoms with Gasteiger partial charge < -0.3 is 16.0 Å². The second-order valence-corrected chi connectivity index (χ2v) is 7.91. The summed E-state index contributed by atoms with van der Waals surface area (Å²) in [5.74, 6) is 0.617. The molecule has 3 N–H and O–H groups in total. The topological polar surface area (TPSA) is 53.6 Å². The van der Waals surface area contributed by atoms with Crippen molar-refractivity contribution in [3.63, 3.8) is 0 Å². The molecule has 0 saturated carbocycles. The fraction of sp³-hybridized carbons (Fsp3) is 0.0455. The van der Waals surface area contributed by atoms with Crippen molar-refractivity contribution in [2.75, 3.05) is 16.9 Å². The van der Waals surface area contributed by atoms with Gasteiger partial charge in [0, 0.05) is 27.2 Å². The second kappa shape index (κ2) is 6.86. The van der Waals surface area contributed by atoms with Crippen LogP contribution in [-0.2, 0) is 0 Å². The summed E-state index contributed by atoms with van der Waals surface area (Å²) in [4.78, 5) is 7.75. The number of anilines is 4. The minimum Gasteiger partial charge on any atom is -0.383 e. The minimum atomic E-state index is 0.517. The Kier molecular flexibility index (Phi) is 4.19. The number of halogens is 1. The first kappa shape index (κ1) is 17.1. The van der Waals surface area contributed by atoms with Crippen LogP contribution in [0.4, 0.5) is 22.7 Å². The molecule has 0 spiro atoms. The third kappa shape index (κ3) is 2.89. The van der Waals surface area contributed by atoms with Crippen molar-refractivity contribution in [3.05, 3.63) is 82.0 Å². The first-order valence-corrected chi connectivity index (χ1v) is 10.2. The standard InChI is InChI=1S/C22H17ClN4S/c23-14-7-9-15(10-8-14)26-18-5-1-4-17-16(18)3-2-6-19(17)27-13-25-22(24)21-20(27)11-12-28-21/h1-12,26H,13H2,(H2,24,25). The molecular formula is C22H17ClN4S. The summed E-state index contributed by atoms with van der Waals surface area (Å²) in [5, 5.41) is 8.60. The van der Waals surface area contributed by atoms with Gasteiger partial charge in [-0.1, -0.05) is 35.9 Å². The van der Waals surface area contributed by atoms with Crippen LogP contribution in [0.3, 0.4) is 0 Å². The molecule has 5 rings (SSSR count). The molecule has 0 fully saturated rings. The molecule has 1 aliphatic heterocycles. The van der Waals surface area contributed by atoms with Gasteiger partial charge in [-0.3, -0.25) is 0 Å². The number of fused-ring (bicyclic) bond motifs is 2.